The number of halogens is 1. The predicted molar refractivity (Wildman–Crippen MR) is 118 cm³/mol. The van der Waals surface area contributed by atoms with Crippen molar-refractivity contribution >= 4 is 30.1 Å². The Hall–Kier alpha value is -3.26. The number of primary amides is 1. The third-order valence-electron chi connectivity index (χ3n) is 5.04. The lowest BCUT2D eigenvalue weighted by Gasteiger charge is -2.18. The van der Waals surface area contributed by atoms with Gasteiger partial charge in [-0.1, -0.05) is 12.1 Å². The average Bonchev–Trinajstić information content (AvgIpc) is 2.99. The SMILES string of the molecule is COc1ccc(O)c(C(=O)c2ccc(C(=O)N[C@@H]3[CH]CN(C(N)=O)CCC3)cc2)c1.Cl. The Balaban J connectivity index is 0.00000341. The summed E-state index contributed by atoms with van der Waals surface area (Å²) in [6.45, 7) is 0.948. The Morgan fingerprint density at radius 3 is 2.45 bits per heavy atom. The van der Waals surface area contributed by atoms with Crippen molar-refractivity contribution < 1.29 is 24.2 Å². The van der Waals surface area contributed by atoms with Gasteiger partial charge in [0.25, 0.3) is 5.91 Å². The molecule has 4 N–H and O–H groups in total. The van der Waals surface area contributed by atoms with Crippen LogP contribution < -0.4 is 15.8 Å². The molecule has 1 fully saturated rings. The van der Waals surface area contributed by atoms with E-state index in [1.807, 2.05) is 6.42 Å². The minimum atomic E-state index is -0.472. The Kier molecular flexibility index (Phi) is 8.27. The number of carbonyl (C=O) groups is 3. The Bertz CT molecular complexity index is 949. The van der Waals surface area contributed by atoms with Crippen molar-refractivity contribution in [2.75, 3.05) is 20.2 Å². The summed E-state index contributed by atoms with van der Waals surface area (Å²) in [7, 11) is 1.48. The van der Waals surface area contributed by atoms with Gasteiger partial charge < -0.3 is 25.8 Å². The number of likely N-dealkylation sites (tertiary alicyclic amines) is 1. The van der Waals surface area contributed by atoms with Gasteiger partial charge in [0.15, 0.2) is 5.78 Å². The Morgan fingerprint density at radius 1 is 1.13 bits per heavy atom. The van der Waals surface area contributed by atoms with Crippen LogP contribution in [-0.2, 0) is 0 Å². The number of urea groups is 1. The third kappa shape index (κ3) is 5.88. The smallest absolute Gasteiger partial charge is 0.314 e. The molecule has 1 saturated heterocycles. The van der Waals surface area contributed by atoms with E-state index in [9.17, 15) is 19.5 Å². The van der Waals surface area contributed by atoms with Crippen molar-refractivity contribution in [1.29, 1.82) is 0 Å². The van der Waals surface area contributed by atoms with Gasteiger partial charge in [-0.3, -0.25) is 9.59 Å². The highest BCUT2D eigenvalue weighted by molar-refractivity contribution is 6.11. The number of amides is 3. The van der Waals surface area contributed by atoms with E-state index in [-0.39, 0.29) is 41.5 Å². The summed E-state index contributed by atoms with van der Waals surface area (Å²) in [5.41, 5.74) is 6.18. The normalized spacial score (nSPS) is 15.9. The zero-order chi connectivity index (χ0) is 21.7. The van der Waals surface area contributed by atoms with Crippen molar-refractivity contribution in [3.05, 3.63) is 65.6 Å². The minimum absolute atomic E-state index is 0. The van der Waals surface area contributed by atoms with Gasteiger partial charge in [-0.25, -0.2) is 4.79 Å². The van der Waals surface area contributed by atoms with Gasteiger partial charge >= 0.3 is 6.03 Å². The van der Waals surface area contributed by atoms with Gasteiger partial charge in [0.1, 0.15) is 11.5 Å². The lowest BCUT2D eigenvalue weighted by atomic mass is 10.0. The number of nitrogens with one attached hydrogen (secondary N) is 1. The first kappa shape index (κ1) is 24.0. The van der Waals surface area contributed by atoms with Crippen molar-refractivity contribution in [3.63, 3.8) is 0 Å². The van der Waals surface area contributed by atoms with Crippen molar-refractivity contribution in [2.45, 2.75) is 18.9 Å². The number of aromatic hydroxyl groups is 1. The molecule has 1 atom stereocenters. The third-order valence-corrected chi connectivity index (χ3v) is 5.04. The number of hydrogen-bond donors (Lipinski definition) is 3. The molecule has 0 bridgehead atoms. The number of nitrogens with zero attached hydrogens (tertiary/aromatic N) is 1. The maximum absolute atomic E-state index is 12.7. The van der Waals surface area contributed by atoms with Crippen LogP contribution in [0.5, 0.6) is 11.5 Å². The highest BCUT2D eigenvalue weighted by atomic mass is 35.5. The van der Waals surface area contributed by atoms with Crippen LogP contribution in [0, 0.1) is 6.42 Å². The van der Waals surface area contributed by atoms with E-state index in [2.05, 4.69) is 5.32 Å². The standard InChI is InChI=1S/C22H24N3O5.ClH/c1-30-17-8-9-19(26)18(13-17)20(27)14-4-6-15(7-5-14)21(28)24-16-3-2-11-25(12-10-16)22(23)29;/h4-10,13,16,26H,2-3,11-12H2,1H3,(H2,23,29)(H,24,28);1H/t16-;/m0./s1. The summed E-state index contributed by atoms with van der Waals surface area (Å²) < 4.78 is 5.10. The van der Waals surface area contributed by atoms with Crippen LogP contribution in [0.2, 0.25) is 0 Å². The maximum Gasteiger partial charge on any atom is 0.314 e. The summed E-state index contributed by atoms with van der Waals surface area (Å²) in [6.07, 6.45) is 3.31. The molecule has 8 nitrogen and oxygen atoms in total. The molecular formula is C22H25ClN3O5. The van der Waals surface area contributed by atoms with Gasteiger partial charge in [0, 0.05) is 36.7 Å². The second-order valence-electron chi connectivity index (χ2n) is 7.03. The first-order chi connectivity index (χ1) is 14.4. The van der Waals surface area contributed by atoms with E-state index >= 15 is 0 Å². The zero-order valence-corrected chi connectivity index (χ0v) is 17.9. The predicted octanol–water partition coefficient (Wildman–Crippen LogP) is 2.53. The monoisotopic (exact) mass is 446 g/mol. The second kappa shape index (κ2) is 10.7. The number of nitrogens with two attached hydrogens (primary N) is 1. The molecule has 31 heavy (non-hydrogen) atoms. The number of carbonyl (C=O) groups excluding carboxylic acids is 3. The quantitative estimate of drug-likeness (QED) is 0.609. The van der Waals surface area contributed by atoms with Gasteiger partial charge in [0.2, 0.25) is 0 Å². The van der Waals surface area contributed by atoms with Crippen molar-refractivity contribution in [2.24, 2.45) is 5.73 Å². The summed E-state index contributed by atoms with van der Waals surface area (Å²) in [6, 6.07) is 10.00. The molecule has 0 aliphatic carbocycles. The summed E-state index contributed by atoms with van der Waals surface area (Å²) in [5, 5.41) is 12.9. The van der Waals surface area contributed by atoms with Crippen LogP contribution >= 0.6 is 12.4 Å². The molecule has 1 radical (unpaired) electrons. The topological polar surface area (TPSA) is 122 Å². The fourth-order valence-corrected chi connectivity index (χ4v) is 3.30. The summed E-state index contributed by atoms with van der Waals surface area (Å²) in [4.78, 5) is 38.1. The second-order valence-corrected chi connectivity index (χ2v) is 7.03. The lowest BCUT2D eigenvalue weighted by Crippen LogP contribution is -2.39. The number of ketones is 1. The molecule has 1 aliphatic rings. The molecule has 1 aliphatic heterocycles. The molecule has 2 aromatic carbocycles. The minimum Gasteiger partial charge on any atom is -0.507 e. The Morgan fingerprint density at radius 2 is 1.81 bits per heavy atom. The molecule has 0 unspecified atom stereocenters. The van der Waals surface area contributed by atoms with Crippen molar-refractivity contribution in [1.82, 2.24) is 10.2 Å². The number of phenolic OH excluding ortho intramolecular Hbond substituents is 1. The van der Waals surface area contributed by atoms with E-state index in [1.54, 1.807) is 30.3 Å². The highest BCUT2D eigenvalue weighted by Crippen LogP contribution is 2.25. The first-order valence-electron chi connectivity index (χ1n) is 9.59. The fourth-order valence-electron chi connectivity index (χ4n) is 3.30. The van der Waals surface area contributed by atoms with Crippen LogP contribution in [-0.4, -0.2) is 54.0 Å². The van der Waals surface area contributed by atoms with Crippen LogP contribution in [0.15, 0.2) is 42.5 Å². The molecular weight excluding hydrogens is 422 g/mol. The van der Waals surface area contributed by atoms with Crippen molar-refractivity contribution in [3.8, 4) is 11.5 Å². The van der Waals surface area contributed by atoms with Crippen LogP contribution in [0.4, 0.5) is 4.79 Å². The molecule has 3 amide bonds. The molecule has 165 valence electrons. The van der Waals surface area contributed by atoms with Gasteiger partial charge in [-0.2, -0.15) is 0 Å². The van der Waals surface area contributed by atoms with E-state index in [0.29, 0.717) is 36.4 Å². The van der Waals surface area contributed by atoms with E-state index in [4.69, 9.17) is 10.5 Å². The largest absolute Gasteiger partial charge is 0.507 e. The van der Waals surface area contributed by atoms with E-state index in [0.717, 1.165) is 6.42 Å². The molecule has 0 aromatic heterocycles. The number of rotatable bonds is 5. The summed E-state index contributed by atoms with van der Waals surface area (Å²) >= 11 is 0. The first-order valence-corrected chi connectivity index (χ1v) is 9.59. The Labute approximate surface area is 186 Å². The number of benzene rings is 2. The van der Waals surface area contributed by atoms with E-state index in [1.165, 1.54) is 24.1 Å². The number of ether oxygens (including phenoxy) is 1. The van der Waals surface area contributed by atoms with Gasteiger partial charge in [-0.15, -0.1) is 12.4 Å². The average molecular weight is 447 g/mol. The lowest BCUT2D eigenvalue weighted by molar-refractivity contribution is 0.0939. The number of hydrogen-bond acceptors (Lipinski definition) is 5. The number of methoxy groups -OCH3 is 1. The summed E-state index contributed by atoms with van der Waals surface area (Å²) in [5.74, 6) is -0.327. The van der Waals surface area contributed by atoms with E-state index < -0.39 is 6.03 Å². The maximum atomic E-state index is 12.7. The molecule has 3 rings (SSSR count). The fraction of sp³-hybridized carbons (Fsp3) is 0.273. The molecule has 0 saturated carbocycles. The molecule has 0 spiro atoms. The van der Waals surface area contributed by atoms with Crippen LogP contribution in [0.3, 0.4) is 0 Å². The van der Waals surface area contributed by atoms with Crippen LogP contribution in [0.25, 0.3) is 0 Å². The molecule has 1 heterocycles. The molecule has 2 aromatic rings. The zero-order valence-electron chi connectivity index (χ0n) is 17.0. The number of phenols is 1. The highest BCUT2D eigenvalue weighted by Gasteiger charge is 2.21. The van der Waals surface area contributed by atoms with Gasteiger partial charge in [0.05, 0.1) is 12.7 Å². The van der Waals surface area contributed by atoms with Gasteiger partial charge in [-0.05, 0) is 43.2 Å². The van der Waals surface area contributed by atoms with Crippen LogP contribution in [0.1, 0.15) is 39.1 Å². The molecule has 9 heteroatoms.